The molecule has 0 amide bonds. The predicted octanol–water partition coefficient (Wildman–Crippen LogP) is 4.46. The molecular formula is C19H23NO2. The molecule has 116 valence electrons. The highest BCUT2D eigenvalue weighted by molar-refractivity contribution is 6.09. The molecule has 2 aromatic rings. The molecule has 0 saturated carbocycles. The van der Waals surface area contributed by atoms with E-state index in [0.717, 1.165) is 18.8 Å². The summed E-state index contributed by atoms with van der Waals surface area (Å²) in [6.45, 7) is 2.92. The van der Waals surface area contributed by atoms with Gasteiger partial charge in [0.1, 0.15) is 5.75 Å². The molecule has 0 atom stereocenters. The van der Waals surface area contributed by atoms with Crippen molar-refractivity contribution in [3.05, 3.63) is 59.7 Å². The van der Waals surface area contributed by atoms with E-state index in [1.54, 1.807) is 36.4 Å². The van der Waals surface area contributed by atoms with Crippen molar-refractivity contribution in [3.8, 4) is 5.75 Å². The van der Waals surface area contributed by atoms with Crippen LogP contribution in [0.2, 0.25) is 0 Å². The zero-order valence-corrected chi connectivity index (χ0v) is 13.0. The van der Waals surface area contributed by atoms with Crippen LogP contribution in [0.1, 0.15) is 48.5 Å². The highest BCUT2D eigenvalue weighted by Crippen LogP contribution is 2.17. The van der Waals surface area contributed by atoms with Gasteiger partial charge in [-0.1, -0.05) is 26.2 Å². The fourth-order valence-electron chi connectivity index (χ4n) is 2.22. The van der Waals surface area contributed by atoms with E-state index in [9.17, 15) is 4.79 Å². The summed E-state index contributed by atoms with van der Waals surface area (Å²) in [7, 11) is 0. The van der Waals surface area contributed by atoms with Gasteiger partial charge in [0.2, 0.25) is 0 Å². The molecular weight excluding hydrogens is 274 g/mol. The maximum atomic E-state index is 12.3. The number of hydrogen-bond donors (Lipinski definition) is 1. The molecule has 0 bridgehead atoms. The standard InChI is InChI=1S/C19H23NO2/c1-2-3-4-5-14-22-18-12-8-16(9-13-18)19(21)15-6-10-17(20)11-7-15/h6-13H,2-5,14,20H2,1H3. The van der Waals surface area contributed by atoms with Crippen LogP contribution in [0, 0.1) is 0 Å². The summed E-state index contributed by atoms with van der Waals surface area (Å²) in [5, 5.41) is 0. The van der Waals surface area contributed by atoms with Crippen molar-refractivity contribution in [1.29, 1.82) is 0 Å². The van der Waals surface area contributed by atoms with Gasteiger partial charge < -0.3 is 10.5 Å². The molecule has 0 unspecified atom stereocenters. The molecule has 2 N–H and O–H groups in total. The molecule has 0 aliphatic carbocycles. The second-order valence-electron chi connectivity index (χ2n) is 5.38. The minimum Gasteiger partial charge on any atom is -0.494 e. The molecule has 0 radical (unpaired) electrons. The van der Waals surface area contributed by atoms with Gasteiger partial charge in [0, 0.05) is 16.8 Å². The number of ketones is 1. The SMILES string of the molecule is CCCCCCOc1ccc(C(=O)c2ccc(N)cc2)cc1. The first-order valence-corrected chi connectivity index (χ1v) is 7.84. The van der Waals surface area contributed by atoms with E-state index < -0.39 is 0 Å². The molecule has 0 saturated heterocycles. The lowest BCUT2D eigenvalue weighted by Gasteiger charge is -2.07. The van der Waals surface area contributed by atoms with Crippen LogP contribution in [0.15, 0.2) is 48.5 Å². The lowest BCUT2D eigenvalue weighted by Crippen LogP contribution is -2.02. The molecule has 22 heavy (non-hydrogen) atoms. The lowest BCUT2D eigenvalue weighted by molar-refractivity contribution is 0.103. The summed E-state index contributed by atoms with van der Waals surface area (Å²) in [4.78, 5) is 12.3. The van der Waals surface area contributed by atoms with E-state index in [0.29, 0.717) is 16.8 Å². The van der Waals surface area contributed by atoms with Gasteiger partial charge in [-0.2, -0.15) is 0 Å². The number of benzene rings is 2. The summed E-state index contributed by atoms with van der Waals surface area (Å²) in [5.74, 6) is 0.805. The minimum absolute atomic E-state index is 0.00510. The van der Waals surface area contributed by atoms with E-state index in [1.165, 1.54) is 19.3 Å². The van der Waals surface area contributed by atoms with Gasteiger partial charge >= 0.3 is 0 Å². The van der Waals surface area contributed by atoms with Crippen LogP contribution in [-0.4, -0.2) is 12.4 Å². The molecule has 2 rings (SSSR count). The average molecular weight is 297 g/mol. The third-order valence-corrected chi connectivity index (χ3v) is 3.56. The van der Waals surface area contributed by atoms with Crippen molar-refractivity contribution < 1.29 is 9.53 Å². The first-order chi connectivity index (χ1) is 10.7. The number of anilines is 1. The average Bonchev–Trinajstić information content (AvgIpc) is 2.55. The van der Waals surface area contributed by atoms with Gasteiger partial charge in [0.05, 0.1) is 6.61 Å². The predicted molar refractivity (Wildman–Crippen MR) is 90.4 cm³/mol. The molecule has 0 spiro atoms. The third kappa shape index (κ3) is 4.62. The first kappa shape index (κ1) is 16.1. The Hall–Kier alpha value is -2.29. The summed E-state index contributed by atoms with van der Waals surface area (Å²) in [5.41, 5.74) is 7.59. The van der Waals surface area contributed by atoms with Crippen LogP contribution in [0.3, 0.4) is 0 Å². The Morgan fingerprint density at radius 3 is 2.09 bits per heavy atom. The molecule has 0 fully saturated rings. The number of hydrogen-bond acceptors (Lipinski definition) is 3. The van der Waals surface area contributed by atoms with Gasteiger partial charge in [-0.3, -0.25) is 4.79 Å². The maximum Gasteiger partial charge on any atom is 0.193 e. The zero-order valence-electron chi connectivity index (χ0n) is 13.0. The van der Waals surface area contributed by atoms with E-state index in [2.05, 4.69) is 6.92 Å². The summed E-state index contributed by atoms with van der Waals surface area (Å²) in [6.07, 6.45) is 4.74. The van der Waals surface area contributed by atoms with Crippen LogP contribution in [-0.2, 0) is 0 Å². The van der Waals surface area contributed by atoms with Crippen molar-refractivity contribution in [2.75, 3.05) is 12.3 Å². The quantitative estimate of drug-likeness (QED) is 0.444. The van der Waals surface area contributed by atoms with Crippen LogP contribution < -0.4 is 10.5 Å². The molecule has 0 aliphatic rings. The monoisotopic (exact) mass is 297 g/mol. The van der Waals surface area contributed by atoms with Crippen LogP contribution in [0.4, 0.5) is 5.69 Å². The van der Waals surface area contributed by atoms with Crippen LogP contribution in [0.5, 0.6) is 5.75 Å². The van der Waals surface area contributed by atoms with E-state index >= 15 is 0 Å². The maximum absolute atomic E-state index is 12.3. The number of nitrogen functional groups attached to an aromatic ring is 1. The number of nitrogens with two attached hydrogens (primary N) is 1. The van der Waals surface area contributed by atoms with Gasteiger partial charge in [0.25, 0.3) is 0 Å². The fourth-order valence-corrected chi connectivity index (χ4v) is 2.22. The Morgan fingerprint density at radius 2 is 1.50 bits per heavy atom. The lowest BCUT2D eigenvalue weighted by atomic mass is 10.0. The van der Waals surface area contributed by atoms with Gasteiger partial charge in [-0.15, -0.1) is 0 Å². The van der Waals surface area contributed by atoms with Gasteiger partial charge in [-0.05, 0) is 55.0 Å². The number of carbonyl (C=O) groups excluding carboxylic acids is 1. The largest absolute Gasteiger partial charge is 0.494 e. The molecule has 2 aromatic carbocycles. The molecule has 0 aromatic heterocycles. The van der Waals surface area contributed by atoms with E-state index in [1.807, 2.05) is 12.1 Å². The highest BCUT2D eigenvalue weighted by atomic mass is 16.5. The molecule has 3 nitrogen and oxygen atoms in total. The minimum atomic E-state index is -0.00510. The van der Waals surface area contributed by atoms with Crippen molar-refractivity contribution in [2.24, 2.45) is 0 Å². The highest BCUT2D eigenvalue weighted by Gasteiger charge is 2.08. The van der Waals surface area contributed by atoms with Gasteiger partial charge in [0.15, 0.2) is 5.78 Å². The van der Waals surface area contributed by atoms with Crippen LogP contribution in [0.25, 0.3) is 0 Å². The summed E-state index contributed by atoms with van der Waals surface area (Å²) in [6, 6.07) is 14.3. The molecule has 0 aliphatic heterocycles. The van der Waals surface area contributed by atoms with Crippen LogP contribution >= 0.6 is 0 Å². The third-order valence-electron chi connectivity index (χ3n) is 3.56. The Bertz CT molecular complexity index is 588. The van der Waals surface area contributed by atoms with Gasteiger partial charge in [-0.25, -0.2) is 0 Å². The molecule has 3 heteroatoms. The van der Waals surface area contributed by atoms with Crippen molar-refractivity contribution in [2.45, 2.75) is 32.6 Å². The summed E-state index contributed by atoms with van der Waals surface area (Å²) < 4.78 is 5.68. The topological polar surface area (TPSA) is 52.3 Å². The number of carbonyl (C=O) groups is 1. The Kier molecular flexibility index (Phi) is 6.01. The number of rotatable bonds is 8. The second kappa shape index (κ2) is 8.23. The number of ether oxygens (including phenoxy) is 1. The Labute approximate surface area is 132 Å². The molecule has 0 heterocycles. The van der Waals surface area contributed by atoms with E-state index in [-0.39, 0.29) is 5.78 Å². The normalized spacial score (nSPS) is 10.4. The summed E-state index contributed by atoms with van der Waals surface area (Å²) >= 11 is 0. The van der Waals surface area contributed by atoms with E-state index in [4.69, 9.17) is 10.5 Å². The Morgan fingerprint density at radius 1 is 0.909 bits per heavy atom. The van der Waals surface area contributed by atoms with Crippen molar-refractivity contribution in [1.82, 2.24) is 0 Å². The smallest absolute Gasteiger partial charge is 0.193 e. The second-order valence-corrected chi connectivity index (χ2v) is 5.38. The number of unbranched alkanes of at least 4 members (excludes halogenated alkanes) is 3. The fraction of sp³-hybridized carbons (Fsp3) is 0.316. The van der Waals surface area contributed by atoms with Crippen molar-refractivity contribution >= 4 is 11.5 Å². The van der Waals surface area contributed by atoms with Crippen molar-refractivity contribution in [3.63, 3.8) is 0 Å². The zero-order chi connectivity index (χ0) is 15.8. The Balaban J connectivity index is 1.91. The first-order valence-electron chi connectivity index (χ1n) is 7.84.